The predicted octanol–water partition coefficient (Wildman–Crippen LogP) is 3.73. The number of benzene rings is 1. The molecule has 0 heterocycles. The van der Waals surface area contributed by atoms with Crippen molar-refractivity contribution in [2.45, 2.75) is 49.3 Å². The van der Waals surface area contributed by atoms with Crippen LogP contribution in [-0.2, 0) is 0 Å². The van der Waals surface area contributed by atoms with Crippen molar-refractivity contribution in [2.24, 2.45) is 0 Å². The molecular weight excluding hydrogens is 238 g/mol. The maximum Gasteiger partial charge on any atom is 0.0282 e. The standard InChI is InChI=1S/C16H23NS/c1-12-4-3-5-13(8-12)14-9-15(10-14)17-11-16(18-2)6-7-16/h3-5,8,14-15,17H,6-7,9-11H2,1-2H3. The summed E-state index contributed by atoms with van der Waals surface area (Å²) in [6, 6.07) is 9.79. The molecule has 0 spiro atoms. The van der Waals surface area contributed by atoms with E-state index >= 15 is 0 Å². The molecular formula is C16H23NS. The summed E-state index contributed by atoms with van der Waals surface area (Å²) in [5.74, 6) is 0.798. The SMILES string of the molecule is CSC1(CNC2CC(c3cccc(C)c3)C2)CC1. The van der Waals surface area contributed by atoms with Crippen LogP contribution in [-0.4, -0.2) is 23.6 Å². The van der Waals surface area contributed by atoms with Crippen molar-refractivity contribution in [3.05, 3.63) is 35.4 Å². The van der Waals surface area contributed by atoms with Gasteiger partial charge >= 0.3 is 0 Å². The highest BCUT2D eigenvalue weighted by molar-refractivity contribution is 8.00. The average Bonchev–Trinajstić information content (AvgIpc) is 3.08. The van der Waals surface area contributed by atoms with Gasteiger partial charge in [-0.15, -0.1) is 0 Å². The van der Waals surface area contributed by atoms with E-state index < -0.39 is 0 Å². The highest BCUT2D eigenvalue weighted by Gasteiger charge is 2.42. The van der Waals surface area contributed by atoms with Crippen LogP contribution < -0.4 is 5.32 Å². The Hall–Kier alpha value is -0.470. The third kappa shape index (κ3) is 2.60. The molecule has 0 aromatic heterocycles. The summed E-state index contributed by atoms with van der Waals surface area (Å²) < 4.78 is 0.606. The highest BCUT2D eigenvalue weighted by atomic mass is 32.2. The maximum absolute atomic E-state index is 3.77. The molecule has 0 amide bonds. The third-order valence-electron chi connectivity index (χ3n) is 4.61. The van der Waals surface area contributed by atoms with E-state index in [9.17, 15) is 0 Å². The van der Waals surface area contributed by atoms with Crippen molar-refractivity contribution in [1.29, 1.82) is 0 Å². The molecule has 1 N–H and O–H groups in total. The number of hydrogen-bond acceptors (Lipinski definition) is 2. The second-order valence-corrected chi connectivity index (χ2v) is 7.32. The minimum absolute atomic E-state index is 0.606. The normalized spacial score (nSPS) is 28.8. The smallest absolute Gasteiger partial charge is 0.0282 e. The first kappa shape index (κ1) is 12.6. The largest absolute Gasteiger partial charge is 0.313 e. The molecule has 98 valence electrons. The van der Waals surface area contributed by atoms with E-state index in [4.69, 9.17) is 0 Å². The fourth-order valence-electron chi connectivity index (χ4n) is 2.90. The Morgan fingerprint density at radius 1 is 1.33 bits per heavy atom. The Morgan fingerprint density at radius 2 is 2.11 bits per heavy atom. The molecule has 1 nitrogen and oxygen atoms in total. The Kier molecular flexibility index (Phi) is 3.42. The average molecular weight is 261 g/mol. The first-order valence-corrected chi connectivity index (χ1v) is 8.28. The minimum Gasteiger partial charge on any atom is -0.313 e. The lowest BCUT2D eigenvalue weighted by atomic mass is 9.75. The molecule has 2 aliphatic carbocycles. The van der Waals surface area contributed by atoms with Gasteiger partial charge in [0.05, 0.1) is 0 Å². The second kappa shape index (κ2) is 4.90. The van der Waals surface area contributed by atoms with Crippen LogP contribution in [0.2, 0.25) is 0 Å². The Balaban J connectivity index is 1.46. The zero-order valence-corrected chi connectivity index (χ0v) is 12.2. The van der Waals surface area contributed by atoms with Crippen LogP contribution >= 0.6 is 11.8 Å². The van der Waals surface area contributed by atoms with Crippen LogP contribution in [0.1, 0.15) is 42.7 Å². The fourth-order valence-corrected chi connectivity index (χ4v) is 3.64. The Labute approximate surface area is 115 Å². The van der Waals surface area contributed by atoms with Gasteiger partial charge in [0.2, 0.25) is 0 Å². The van der Waals surface area contributed by atoms with Crippen LogP contribution in [0, 0.1) is 6.92 Å². The number of aryl methyl sites for hydroxylation is 1. The summed E-state index contributed by atoms with van der Waals surface area (Å²) in [5, 5.41) is 3.77. The van der Waals surface area contributed by atoms with E-state index in [0.717, 1.165) is 12.0 Å². The molecule has 2 saturated carbocycles. The van der Waals surface area contributed by atoms with E-state index in [1.807, 2.05) is 0 Å². The molecule has 18 heavy (non-hydrogen) atoms. The topological polar surface area (TPSA) is 12.0 Å². The minimum atomic E-state index is 0.606. The number of hydrogen-bond donors (Lipinski definition) is 1. The van der Waals surface area contributed by atoms with Crippen LogP contribution in [0.25, 0.3) is 0 Å². The van der Waals surface area contributed by atoms with Gasteiger partial charge in [-0.05, 0) is 50.3 Å². The first-order chi connectivity index (χ1) is 8.71. The zero-order valence-electron chi connectivity index (χ0n) is 11.4. The monoisotopic (exact) mass is 261 g/mol. The van der Waals surface area contributed by atoms with Gasteiger partial charge in [-0.3, -0.25) is 0 Å². The van der Waals surface area contributed by atoms with Crippen molar-refractivity contribution in [1.82, 2.24) is 5.32 Å². The van der Waals surface area contributed by atoms with Crippen LogP contribution in [0.4, 0.5) is 0 Å². The molecule has 0 aliphatic heterocycles. The quantitative estimate of drug-likeness (QED) is 0.867. The lowest BCUT2D eigenvalue weighted by Gasteiger charge is -2.37. The summed E-state index contributed by atoms with van der Waals surface area (Å²) in [6.07, 6.45) is 7.73. The van der Waals surface area contributed by atoms with Gasteiger partial charge in [-0.25, -0.2) is 0 Å². The fraction of sp³-hybridized carbons (Fsp3) is 0.625. The zero-order chi connectivity index (χ0) is 12.6. The first-order valence-electron chi connectivity index (χ1n) is 7.06. The van der Waals surface area contributed by atoms with Gasteiger partial charge in [0.1, 0.15) is 0 Å². The van der Waals surface area contributed by atoms with Crippen molar-refractivity contribution in [2.75, 3.05) is 12.8 Å². The molecule has 0 atom stereocenters. The molecule has 2 heteroatoms. The van der Waals surface area contributed by atoms with Crippen LogP contribution in [0.3, 0.4) is 0 Å². The van der Waals surface area contributed by atoms with Crippen LogP contribution in [0.15, 0.2) is 24.3 Å². The van der Waals surface area contributed by atoms with Crippen molar-refractivity contribution in [3.63, 3.8) is 0 Å². The van der Waals surface area contributed by atoms with Crippen molar-refractivity contribution in [3.8, 4) is 0 Å². The molecule has 2 fully saturated rings. The van der Waals surface area contributed by atoms with Gasteiger partial charge in [-0.2, -0.15) is 11.8 Å². The lowest BCUT2D eigenvalue weighted by molar-refractivity contribution is 0.291. The molecule has 0 unspecified atom stereocenters. The van der Waals surface area contributed by atoms with Crippen molar-refractivity contribution < 1.29 is 0 Å². The molecule has 0 radical (unpaired) electrons. The third-order valence-corrected chi connectivity index (χ3v) is 6.02. The maximum atomic E-state index is 3.77. The van der Waals surface area contributed by atoms with E-state index in [-0.39, 0.29) is 0 Å². The van der Waals surface area contributed by atoms with Gasteiger partial charge in [0, 0.05) is 17.3 Å². The molecule has 1 aromatic rings. The molecule has 0 bridgehead atoms. The van der Waals surface area contributed by atoms with Gasteiger partial charge in [0.15, 0.2) is 0 Å². The highest BCUT2D eigenvalue weighted by Crippen LogP contribution is 2.47. The van der Waals surface area contributed by atoms with Gasteiger partial charge < -0.3 is 5.32 Å². The summed E-state index contributed by atoms with van der Waals surface area (Å²) in [6.45, 7) is 3.41. The van der Waals surface area contributed by atoms with Gasteiger partial charge in [-0.1, -0.05) is 29.8 Å². The van der Waals surface area contributed by atoms with Gasteiger partial charge in [0.25, 0.3) is 0 Å². The molecule has 0 saturated heterocycles. The lowest BCUT2D eigenvalue weighted by Crippen LogP contribution is -2.43. The van der Waals surface area contributed by atoms with E-state index in [0.29, 0.717) is 4.75 Å². The summed E-state index contributed by atoms with van der Waals surface area (Å²) in [4.78, 5) is 0. The Morgan fingerprint density at radius 3 is 2.72 bits per heavy atom. The second-order valence-electron chi connectivity index (χ2n) is 6.05. The molecule has 3 rings (SSSR count). The molecule has 1 aromatic carbocycles. The summed E-state index contributed by atoms with van der Waals surface area (Å²) >= 11 is 2.05. The van der Waals surface area contributed by atoms with E-state index in [2.05, 4.69) is 54.5 Å². The van der Waals surface area contributed by atoms with E-state index in [1.165, 1.54) is 37.8 Å². The predicted molar refractivity (Wildman–Crippen MR) is 80.4 cm³/mol. The Bertz CT molecular complexity index is 419. The number of thioether (sulfide) groups is 1. The van der Waals surface area contributed by atoms with E-state index in [1.54, 1.807) is 5.56 Å². The summed E-state index contributed by atoms with van der Waals surface area (Å²) in [7, 11) is 0. The van der Waals surface area contributed by atoms with Crippen molar-refractivity contribution >= 4 is 11.8 Å². The summed E-state index contributed by atoms with van der Waals surface area (Å²) in [5.41, 5.74) is 2.93. The van der Waals surface area contributed by atoms with Crippen LogP contribution in [0.5, 0.6) is 0 Å². The number of rotatable bonds is 5. The molecule has 2 aliphatic rings. The number of nitrogens with one attached hydrogen (secondary N) is 1.